The smallest absolute Gasteiger partial charge is 0.264 e. The maximum Gasteiger partial charge on any atom is 0.264 e. The van der Waals surface area contributed by atoms with E-state index in [-0.39, 0.29) is 17.6 Å². The minimum atomic E-state index is -0.350. The molecule has 0 saturated heterocycles. The number of nitrogen functional groups attached to an aromatic ring is 1. The molecule has 0 radical (unpaired) electrons. The Morgan fingerprint density at radius 3 is 2.28 bits per heavy atom. The summed E-state index contributed by atoms with van der Waals surface area (Å²) in [7, 11) is 0. The van der Waals surface area contributed by atoms with Gasteiger partial charge < -0.3 is 11.1 Å². The second-order valence-corrected chi connectivity index (χ2v) is 7.04. The first-order valence-corrected chi connectivity index (χ1v) is 9.34. The molecule has 0 aliphatic heterocycles. The summed E-state index contributed by atoms with van der Waals surface area (Å²) in [5, 5.41) is 3.49. The van der Waals surface area contributed by atoms with Crippen molar-refractivity contribution in [3.8, 4) is 0 Å². The van der Waals surface area contributed by atoms with E-state index in [1.54, 1.807) is 30.3 Å². The van der Waals surface area contributed by atoms with Gasteiger partial charge in [-0.15, -0.1) is 0 Å². The lowest BCUT2D eigenvalue weighted by molar-refractivity contribution is 0.0967. The zero-order valence-corrected chi connectivity index (χ0v) is 16.3. The molecule has 5 heteroatoms. The summed E-state index contributed by atoms with van der Waals surface area (Å²) in [5.41, 5.74) is 10.6. The number of aryl methyl sites for hydroxylation is 2. The molecule has 144 valence electrons. The molecular formula is C24H21N3O2. The maximum absolute atomic E-state index is 13.3. The van der Waals surface area contributed by atoms with Gasteiger partial charge in [0.2, 0.25) is 0 Å². The fourth-order valence-corrected chi connectivity index (χ4v) is 3.44. The van der Waals surface area contributed by atoms with Gasteiger partial charge in [0.05, 0.1) is 11.1 Å². The van der Waals surface area contributed by atoms with Crippen molar-refractivity contribution in [3.63, 3.8) is 0 Å². The first-order chi connectivity index (χ1) is 14.0. The predicted molar refractivity (Wildman–Crippen MR) is 116 cm³/mol. The molecule has 1 aromatic heterocycles. The number of benzene rings is 3. The van der Waals surface area contributed by atoms with Crippen LogP contribution in [0.1, 0.15) is 31.8 Å². The summed E-state index contributed by atoms with van der Waals surface area (Å²) in [6, 6.07) is 21.9. The van der Waals surface area contributed by atoms with Crippen LogP contribution in [0.3, 0.4) is 0 Å². The molecule has 0 fully saturated rings. The lowest BCUT2D eigenvalue weighted by atomic mass is 10.1. The Balaban J connectivity index is 1.83. The highest BCUT2D eigenvalue weighted by Gasteiger charge is 2.24. The SMILES string of the molecule is Cc1ccc(C(=O)n2c(N)c(C(=O)Nc3ccccc3)c3ccccc32)cc1C. The van der Waals surface area contributed by atoms with Gasteiger partial charge in [-0.3, -0.25) is 14.2 Å². The minimum absolute atomic E-state index is 0.128. The predicted octanol–water partition coefficient (Wildman–Crippen LogP) is 4.78. The van der Waals surface area contributed by atoms with Crippen molar-refractivity contribution in [3.05, 3.63) is 95.1 Å². The molecule has 4 aromatic rings. The van der Waals surface area contributed by atoms with Crippen molar-refractivity contribution >= 4 is 34.2 Å². The highest BCUT2D eigenvalue weighted by atomic mass is 16.2. The number of rotatable bonds is 3. The first-order valence-electron chi connectivity index (χ1n) is 9.34. The number of carbonyl (C=O) groups is 2. The zero-order chi connectivity index (χ0) is 20.5. The van der Waals surface area contributed by atoms with E-state index < -0.39 is 0 Å². The largest absolute Gasteiger partial charge is 0.384 e. The second kappa shape index (κ2) is 7.28. The number of nitrogens with two attached hydrogens (primary N) is 1. The summed E-state index contributed by atoms with van der Waals surface area (Å²) in [6.45, 7) is 3.96. The molecule has 4 rings (SSSR count). The third kappa shape index (κ3) is 3.27. The molecule has 0 unspecified atom stereocenters. The Bertz CT molecular complexity index is 1240. The molecule has 1 heterocycles. The second-order valence-electron chi connectivity index (χ2n) is 7.04. The molecular weight excluding hydrogens is 362 g/mol. The van der Waals surface area contributed by atoms with Crippen molar-refractivity contribution in [1.29, 1.82) is 0 Å². The molecule has 1 amide bonds. The van der Waals surface area contributed by atoms with Gasteiger partial charge in [-0.25, -0.2) is 0 Å². The Labute approximate surface area is 168 Å². The van der Waals surface area contributed by atoms with E-state index in [2.05, 4.69) is 5.32 Å². The zero-order valence-electron chi connectivity index (χ0n) is 16.3. The number of carbonyl (C=O) groups excluding carboxylic acids is 2. The Morgan fingerprint density at radius 1 is 0.862 bits per heavy atom. The molecule has 5 nitrogen and oxygen atoms in total. The third-order valence-electron chi connectivity index (χ3n) is 5.13. The van der Waals surface area contributed by atoms with Crippen LogP contribution in [0.2, 0.25) is 0 Å². The van der Waals surface area contributed by atoms with Gasteiger partial charge in [0.25, 0.3) is 11.8 Å². The number of hydrogen-bond acceptors (Lipinski definition) is 3. The maximum atomic E-state index is 13.3. The Hall–Kier alpha value is -3.86. The Kier molecular flexibility index (Phi) is 4.64. The van der Waals surface area contributed by atoms with Crippen LogP contribution in [0, 0.1) is 13.8 Å². The number of aromatic nitrogens is 1. The molecule has 0 atom stereocenters. The molecule has 3 aromatic carbocycles. The lowest BCUT2D eigenvalue weighted by Crippen LogP contribution is -2.18. The first kappa shape index (κ1) is 18.5. The molecule has 0 aliphatic rings. The van der Waals surface area contributed by atoms with Crippen LogP contribution in [-0.4, -0.2) is 16.4 Å². The summed E-state index contributed by atoms with van der Waals surface area (Å²) < 4.78 is 1.42. The normalized spacial score (nSPS) is 10.8. The van der Waals surface area contributed by atoms with Gasteiger partial charge in [0, 0.05) is 16.6 Å². The molecule has 0 saturated carbocycles. The van der Waals surface area contributed by atoms with E-state index >= 15 is 0 Å². The van der Waals surface area contributed by atoms with Crippen LogP contribution < -0.4 is 11.1 Å². The minimum Gasteiger partial charge on any atom is -0.384 e. The number of fused-ring (bicyclic) bond motifs is 1. The number of amides is 1. The number of nitrogens with one attached hydrogen (secondary N) is 1. The van der Waals surface area contributed by atoms with Gasteiger partial charge >= 0.3 is 0 Å². The summed E-state index contributed by atoms with van der Waals surface area (Å²) in [6.07, 6.45) is 0. The standard InChI is InChI=1S/C24H21N3O2/c1-15-12-13-17(14-16(15)2)24(29)27-20-11-7-6-10-19(20)21(22(27)25)23(28)26-18-8-4-3-5-9-18/h3-14H,25H2,1-2H3,(H,26,28). The van der Waals surface area contributed by atoms with Crippen molar-refractivity contribution in [2.24, 2.45) is 0 Å². The molecule has 0 aliphatic carbocycles. The van der Waals surface area contributed by atoms with Crippen molar-refractivity contribution < 1.29 is 9.59 Å². The van der Waals surface area contributed by atoms with Crippen LogP contribution in [0.15, 0.2) is 72.8 Å². The highest BCUT2D eigenvalue weighted by molar-refractivity contribution is 6.19. The summed E-state index contributed by atoms with van der Waals surface area (Å²) >= 11 is 0. The van der Waals surface area contributed by atoms with E-state index in [1.807, 2.05) is 56.3 Å². The summed E-state index contributed by atoms with van der Waals surface area (Å²) in [4.78, 5) is 26.3. The summed E-state index contributed by atoms with van der Waals surface area (Å²) in [5.74, 6) is -0.486. The Morgan fingerprint density at radius 2 is 1.55 bits per heavy atom. The lowest BCUT2D eigenvalue weighted by Gasteiger charge is -2.09. The van der Waals surface area contributed by atoms with E-state index in [9.17, 15) is 9.59 Å². The monoisotopic (exact) mass is 383 g/mol. The van der Waals surface area contributed by atoms with Crippen LogP contribution >= 0.6 is 0 Å². The van der Waals surface area contributed by atoms with Gasteiger partial charge in [-0.1, -0.05) is 42.5 Å². The average molecular weight is 383 g/mol. The van der Waals surface area contributed by atoms with E-state index in [0.717, 1.165) is 11.1 Å². The number of hydrogen-bond donors (Lipinski definition) is 2. The van der Waals surface area contributed by atoms with Gasteiger partial charge in [-0.05, 0) is 55.3 Å². The number of anilines is 2. The van der Waals surface area contributed by atoms with Gasteiger partial charge in [0.1, 0.15) is 5.82 Å². The fourth-order valence-electron chi connectivity index (χ4n) is 3.44. The van der Waals surface area contributed by atoms with E-state index in [1.165, 1.54) is 4.57 Å². The highest BCUT2D eigenvalue weighted by Crippen LogP contribution is 2.30. The fraction of sp³-hybridized carbons (Fsp3) is 0.0833. The molecule has 29 heavy (non-hydrogen) atoms. The van der Waals surface area contributed by atoms with Crippen LogP contribution in [0.25, 0.3) is 10.9 Å². The third-order valence-corrected chi connectivity index (χ3v) is 5.13. The van der Waals surface area contributed by atoms with Crippen LogP contribution in [0.5, 0.6) is 0 Å². The van der Waals surface area contributed by atoms with E-state index in [4.69, 9.17) is 5.73 Å². The van der Waals surface area contributed by atoms with Crippen molar-refractivity contribution in [2.75, 3.05) is 11.1 Å². The topological polar surface area (TPSA) is 77.1 Å². The van der Waals surface area contributed by atoms with Crippen LogP contribution in [0.4, 0.5) is 11.5 Å². The van der Waals surface area contributed by atoms with Crippen molar-refractivity contribution in [1.82, 2.24) is 4.57 Å². The quantitative estimate of drug-likeness (QED) is 0.534. The van der Waals surface area contributed by atoms with Gasteiger partial charge in [0.15, 0.2) is 0 Å². The average Bonchev–Trinajstić information content (AvgIpc) is 3.02. The molecule has 0 spiro atoms. The van der Waals surface area contributed by atoms with Crippen molar-refractivity contribution in [2.45, 2.75) is 13.8 Å². The molecule has 0 bridgehead atoms. The van der Waals surface area contributed by atoms with Gasteiger partial charge in [-0.2, -0.15) is 0 Å². The van der Waals surface area contributed by atoms with Crippen LogP contribution in [-0.2, 0) is 0 Å². The number of nitrogens with zero attached hydrogens (tertiary/aromatic N) is 1. The van der Waals surface area contributed by atoms with E-state index in [0.29, 0.717) is 27.7 Å². The molecule has 3 N–H and O–H groups in total. The number of para-hydroxylation sites is 2.